The molecule has 0 aliphatic heterocycles. The highest BCUT2D eigenvalue weighted by Gasteiger charge is 2.08. The van der Waals surface area contributed by atoms with Gasteiger partial charge in [0.05, 0.1) is 0 Å². The van der Waals surface area contributed by atoms with Crippen LogP contribution in [0, 0.1) is 19.8 Å². The van der Waals surface area contributed by atoms with Crippen LogP contribution in [0.4, 0.5) is 0 Å². The molecule has 2 nitrogen and oxygen atoms in total. The van der Waals surface area contributed by atoms with Gasteiger partial charge >= 0.3 is 5.97 Å². The Kier molecular flexibility index (Phi) is 4.99. The van der Waals surface area contributed by atoms with Crippen molar-refractivity contribution in [1.29, 1.82) is 0 Å². The first kappa shape index (κ1) is 9.47. The summed E-state index contributed by atoms with van der Waals surface area (Å²) in [5.41, 5.74) is 0. The van der Waals surface area contributed by atoms with Crippen LogP contribution in [0.25, 0.3) is 0 Å². The molecule has 2 radical (unpaired) electrons. The Morgan fingerprint density at radius 3 is 2.40 bits per heavy atom. The fourth-order valence-corrected chi connectivity index (χ4v) is 0.884. The Bertz CT molecular complexity index is 99.4. The molecular weight excluding hydrogens is 128 g/mol. The molecule has 0 aliphatic carbocycles. The molecule has 0 amide bonds. The molecule has 10 heavy (non-hydrogen) atoms. The van der Waals surface area contributed by atoms with Gasteiger partial charge in [0.1, 0.15) is 0 Å². The Morgan fingerprint density at radius 1 is 1.50 bits per heavy atom. The van der Waals surface area contributed by atoms with Crippen LogP contribution in [0.15, 0.2) is 0 Å². The van der Waals surface area contributed by atoms with Gasteiger partial charge in [-0.15, -0.1) is 0 Å². The zero-order valence-corrected chi connectivity index (χ0v) is 6.18. The molecule has 0 saturated carbocycles. The van der Waals surface area contributed by atoms with Crippen LogP contribution in [0.1, 0.15) is 25.7 Å². The third-order valence-electron chi connectivity index (χ3n) is 1.48. The van der Waals surface area contributed by atoms with Gasteiger partial charge < -0.3 is 5.11 Å². The van der Waals surface area contributed by atoms with Gasteiger partial charge in [-0.25, -0.2) is 0 Å². The zero-order valence-electron chi connectivity index (χ0n) is 6.18. The fraction of sp³-hybridized carbons (Fsp3) is 0.625. The standard InChI is InChI=1S/C8H14O2/c1-3-5-7(4-2)6-8(9)10/h7H,1-6H2,(H,9,10). The molecule has 0 aromatic carbocycles. The third kappa shape index (κ3) is 4.36. The van der Waals surface area contributed by atoms with E-state index < -0.39 is 5.97 Å². The highest BCUT2D eigenvalue weighted by molar-refractivity contribution is 5.66. The minimum atomic E-state index is -0.734. The van der Waals surface area contributed by atoms with Crippen molar-refractivity contribution in [2.75, 3.05) is 0 Å². The normalized spacial score (nSPS) is 13.0. The second-order valence-electron chi connectivity index (χ2n) is 2.39. The van der Waals surface area contributed by atoms with Crippen molar-refractivity contribution in [3.63, 3.8) is 0 Å². The monoisotopic (exact) mass is 142 g/mol. The highest BCUT2D eigenvalue weighted by atomic mass is 16.4. The van der Waals surface area contributed by atoms with E-state index in [-0.39, 0.29) is 12.3 Å². The first-order chi connectivity index (χ1) is 4.70. The van der Waals surface area contributed by atoms with E-state index in [9.17, 15) is 4.79 Å². The first-order valence-electron chi connectivity index (χ1n) is 3.51. The number of carboxylic acids is 1. The van der Waals surface area contributed by atoms with E-state index in [0.717, 1.165) is 12.8 Å². The van der Waals surface area contributed by atoms with E-state index in [2.05, 4.69) is 13.8 Å². The molecule has 0 saturated heterocycles. The molecule has 0 spiro atoms. The molecule has 1 atom stereocenters. The summed E-state index contributed by atoms with van der Waals surface area (Å²) in [6.45, 7) is 7.33. The van der Waals surface area contributed by atoms with Crippen LogP contribution in [0.2, 0.25) is 0 Å². The van der Waals surface area contributed by atoms with Gasteiger partial charge in [0.15, 0.2) is 0 Å². The quantitative estimate of drug-likeness (QED) is 0.636. The Morgan fingerprint density at radius 2 is 2.10 bits per heavy atom. The molecule has 0 fully saturated rings. The van der Waals surface area contributed by atoms with Gasteiger partial charge in [-0.05, 0) is 18.8 Å². The van der Waals surface area contributed by atoms with Gasteiger partial charge in [0.2, 0.25) is 0 Å². The maximum absolute atomic E-state index is 10.2. The molecule has 2 heteroatoms. The average Bonchev–Trinajstić information content (AvgIpc) is 1.86. The van der Waals surface area contributed by atoms with Crippen molar-refractivity contribution >= 4 is 5.97 Å². The van der Waals surface area contributed by atoms with Gasteiger partial charge in [-0.3, -0.25) is 4.79 Å². The second kappa shape index (κ2) is 5.27. The minimum Gasteiger partial charge on any atom is -0.481 e. The van der Waals surface area contributed by atoms with Crippen LogP contribution in [0.5, 0.6) is 0 Å². The van der Waals surface area contributed by atoms with Gasteiger partial charge in [-0.2, -0.15) is 0 Å². The Hall–Kier alpha value is -0.530. The summed E-state index contributed by atoms with van der Waals surface area (Å²) in [5.74, 6) is -0.517. The lowest BCUT2D eigenvalue weighted by Crippen LogP contribution is -2.06. The number of carbonyl (C=O) groups is 1. The number of carboxylic acid groups (broad SMARTS) is 1. The highest BCUT2D eigenvalue weighted by Crippen LogP contribution is 2.13. The molecule has 1 N–H and O–H groups in total. The summed E-state index contributed by atoms with van der Waals surface area (Å²) in [7, 11) is 0. The number of hydrogen-bond donors (Lipinski definition) is 1. The molecule has 0 aromatic heterocycles. The molecule has 0 aromatic rings. The number of hydrogen-bond acceptors (Lipinski definition) is 1. The van der Waals surface area contributed by atoms with Crippen LogP contribution >= 0.6 is 0 Å². The lowest BCUT2D eigenvalue weighted by Gasteiger charge is -2.08. The topological polar surface area (TPSA) is 37.3 Å². The predicted octanol–water partition coefficient (Wildman–Crippen LogP) is 1.92. The summed E-state index contributed by atoms with van der Waals surface area (Å²) in [6, 6.07) is 0. The molecular formula is C8H14O2. The van der Waals surface area contributed by atoms with Crippen LogP contribution in [0.3, 0.4) is 0 Å². The maximum Gasteiger partial charge on any atom is 0.303 e. The number of rotatable bonds is 5. The van der Waals surface area contributed by atoms with Crippen LogP contribution < -0.4 is 0 Å². The summed E-state index contributed by atoms with van der Waals surface area (Å²) in [6.07, 6.45) is 2.60. The molecule has 0 bridgehead atoms. The largest absolute Gasteiger partial charge is 0.481 e. The van der Waals surface area contributed by atoms with Crippen LogP contribution in [-0.4, -0.2) is 11.1 Å². The van der Waals surface area contributed by atoms with Crippen molar-refractivity contribution in [3.05, 3.63) is 13.8 Å². The van der Waals surface area contributed by atoms with Crippen molar-refractivity contribution in [2.24, 2.45) is 5.92 Å². The third-order valence-corrected chi connectivity index (χ3v) is 1.48. The smallest absolute Gasteiger partial charge is 0.303 e. The van der Waals surface area contributed by atoms with Gasteiger partial charge in [-0.1, -0.05) is 20.3 Å². The molecule has 0 aliphatic rings. The lowest BCUT2D eigenvalue weighted by atomic mass is 9.97. The van der Waals surface area contributed by atoms with Crippen molar-refractivity contribution < 1.29 is 9.90 Å². The fourth-order valence-electron chi connectivity index (χ4n) is 0.884. The Balaban J connectivity index is 3.49. The van der Waals surface area contributed by atoms with Gasteiger partial charge in [0, 0.05) is 6.42 Å². The average molecular weight is 142 g/mol. The zero-order chi connectivity index (χ0) is 7.98. The summed E-state index contributed by atoms with van der Waals surface area (Å²) in [5, 5.41) is 8.39. The van der Waals surface area contributed by atoms with E-state index in [1.165, 1.54) is 0 Å². The summed E-state index contributed by atoms with van der Waals surface area (Å²) in [4.78, 5) is 10.2. The van der Waals surface area contributed by atoms with E-state index >= 15 is 0 Å². The molecule has 0 heterocycles. The predicted molar refractivity (Wildman–Crippen MR) is 40.3 cm³/mol. The maximum atomic E-state index is 10.2. The van der Waals surface area contributed by atoms with E-state index in [0.29, 0.717) is 6.42 Å². The van der Waals surface area contributed by atoms with Gasteiger partial charge in [0.25, 0.3) is 0 Å². The van der Waals surface area contributed by atoms with E-state index in [1.807, 2.05) is 0 Å². The van der Waals surface area contributed by atoms with Crippen LogP contribution in [-0.2, 0) is 4.79 Å². The first-order valence-corrected chi connectivity index (χ1v) is 3.51. The Labute approximate surface area is 62.2 Å². The number of aliphatic carboxylic acids is 1. The SMILES string of the molecule is [CH2]CCC(C[CH2])CC(=O)O. The summed E-state index contributed by atoms with van der Waals surface area (Å²) < 4.78 is 0. The molecule has 0 rings (SSSR count). The van der Waals surface area contributed by atoms with Crippen molar-refractivity contribution in [2.45, 2.75) is 25.7 Å². The second-order valence-corrected chi connectivity index (χ2v) is 2.39. The molecule has 58 valence electrons. The lowest BCUT2D eigenvalue weighted by molar-refractivity contribution is -0.138. The van der Waals surface area contributed by atoms with Crippen molar-refractivity contribution in [1.82, 2.24) is 0 Å². The summed E-state index contributed by atoms with van der Waals surface area (Å²) >= 11 is 0. The van der Waals surface area contributed by atoms with E-state index in [4.69, 9.17) is 5.11 Å². The minimum absolute atomic E-state index is 0.218. The molecule has 1 unspecified atom stereocenters. The van der Waals surface area contributed by atoms with Crippen molar-refractivity contribution in [3.8, 4) is 0 Å². The van der Waals surface area contributed by atoms with E-state index in [1.54, 1.807) is 0 Å².